The van der Waals surface area contributed by atoms with E-state index in [1.54, 1.807) is 0 Å². The van der Waals surface area contributed by atoms with Gasteiger partial charge in [0.25, 0.3) is 0 Å². The first-order valence-electron chi connectivity index (χ1n) is 12.8. The Morgan fingerprint density at radius 3 is 2.10 bits per heavy atom. The van der Waals surface area contributed by atoms with Crippen LogP contribution in [0.3, 0.4) is 0 Å². The maximum Gasteiger partial charge on any atom is 0.303 e. The molecule has 0 spiro atoms. The number of aryl methyl sites for hydroxylation is 3. The molecule has 2 aliphatic rings. The van der Waals surface area contributed by atoms with Crippen LogP contribution in [0.25, 0.3) is 44.9 Å². The number of aromatic nitrogens is 4. The molecule has 9 heteroatoms. The van der Waals surface area contributed by atoms with Gasteiger partial charge in [0.05, 0.1) is 34.0 Å². The van der Waals surface area contributed by atoms with E-state index in [0.29, 0.717) is 29.9 Å². The molecule has 3 aromatic rings. The third kappa shape index (κ3) is 4.95. The summed E-state index contributed by atoms with van der Waals surface area (Å²) < 4.78 is 0. The van der Waals surface area contributed by atoms with Crippen molar-refractivity contribution in [2.75, 3.05) is 5.73 Å². The summed E-state index contributed by atoms with van der Waals surface area (Å²) in [6, 6.07) is 7.73. The number of aromatic amines is 2. The monoisotopic (exact) mass is 525 g/mol. The third-order valence-electron chi connectivity index (χ3n) is 7.54. The summed E-state index contributed by atoms with van der Waals surface area (Å²) in [4.78, 5) is 39.5. The van der Waals surface area contributed by atoms with Crippen molar-refractivity contribution in [1.29, 1.82) is 0 Å². The number of nitrogens with one attached hydrogen (secondary N) is 2. The van der Waals surface area contributed by atoms with Crippen LogP contribution in [0, 0.1) is 13.8 Å². The highest BCUT2D eigenvalue weighted by molar-refractivity contribution is 5.95. The number of rotatable bonds is 6. The Balaban J connectivity index is 1.89. The Bertz CT molecular complexity index is 1770. The van der Waals surface area contributed by atoms with E-state index in [2.05, 4.69) is 9.97 Å². The van der Waals surface area contributed by atoms with E-state index in [0.717, 1.165) is 66.9 Å². The lowest BCUT2D eigenvalue weighted by Crippen LogP contribution is -1.98. The van der Waals surface area contributed by atoms with Crippen LogP contribution < -0.4 is 5.73 Å². The van der Waals surface area contributed by atoms with E-state index in [4.69, 9.17) is 15.7 Å². The fraction of sp³-hybridized carbons (Fsp3) is 0.267. The Morgan fingerprint density at radius 1 is 0.769 bits per heavy atom. The minimum Gasteiger partial charge on any atom is -0.481 e. The van der Waals surface area contributed by atoms with Gasteiger partial charge in [-0.1, -0.05) is 0 Å². The Morgan fingerprint density at radius 2 is 1.38 bits per heavy atom. The molecule has 2 aliphatic heterocycles. The van der Waals surface area contributed by atoms with Gasteiger partial charge in [0.1, 0.15) is 0 Å². The molecule has 39 heavy (non-hydrogen) atoms. The summed E-state index contributed by atoms with van der Waals surface area (Å²) in [7, 11) is 0. The van der Waals surface area contributed by atoms with Crippen molar-refractivity contribution >= 4 is 62.5 Å². The summed E-state index contributed by atoms with van der Waals surface area (Å²) in [5.41, 5.74) is 18.7. The van der Waals surface area contributed by atoms with Gasteiger partial charge in [0, 0.05) is 29.4 Å². The van der Waals surface area contributed by atoms with Gasteiger partial charge < -0.3 is 25.9 Å². The van der Waals surface area contributed by atoms with Crippen LogP contribution in [-0.4, -0.2) is 42.1 Å². The second-order valence-corrected chi connectivity index (χ2v) is 10.1. The highest BCUT2D eigenvalue weighted by Gasteiger charge is 2.20. The van der Waals surface area contributed by atoms with E-state index in [-0.39, 0.29) is 12.8 Å². The second-order valence-electron chi connectivity index (χ2n) is 10.1. The van der Waals surface area contributed by atoms with Gasteiger partial charge in [-0.15, -0.1) is 0 Å². The largest absolute Gasteiger partial charge is 0.481 e. The fourth-order valence-electron chi connectivity index (χ4n) is 5.18. The highest BCUT2D eigenvalue weighted by Crippen LogP contribution is 2.35. The number of aliphatic carboxylic acids is 2. The predicted octanol–water partition coefficient (Wildman–Crippen LogP) is 5.89. The molecule has 0 aliphatic carbocycles. The lowest BCUT2D eigenvalue weighted by Gasteiger charge is -2.03. The number of nitrogen functional groups attached to an aromatic ring is 1. The van der Waals surface area contributed by atoms with Crippen molar-refractivity contribution < 1.29 is 19.8 Å². The molecular weight excluding hydrogens is 494 g/mol. The molecule has 0 unspecified atom stereocenters. The van der Waals surface area contributed by atoms with Gasteiger partial charge in [-0.25, -0.2) is 9.97 Å². The van der Waals surface area contributed by atoms with Crippen LogP contribution in [0.5, 0.6) is 0 Å². The van der Waals surface area contributed by atoms with Gasteiger partial charge in [-0.2, -0.15) is 0 Å². The van der Waals surface area contributed by atoms with Crippen molar-refractivity contribution in [1.82, 2.24) is 19.9 Å². The zero-order valence-corrected chi connectivity index (χ0v) is 22.4. The summed E-state index contributed by atoms with van der Waals surface area (Å²) in [6.07, 6.45) is 2.62. The van der Waals surface area contributed by atoms with Crippen molar-refractivity contribution in [3.8, 4) is 0 Å². The number of anilines is 1. The molecular formula is C30H31N5O4. The fourth-order valence-corrected chi connectivity index (χ4v) is 5.18. The normalized spacial score (nSPS) is 13.1. The first-order chi connectivity index (χ1) is 18.5. The number of carbonyl (C=O) groups is 2. The molecule has 9 nitrogen and oxygen atoms in total. The second kappa shape index (κ2) is 9.90. The minimum absolute atomic E-state index is 0.0162. The van der Waals surface area contributed by atoms with Gasteiger partial charge in [0.15, 0.2) is 0 Å². The molecule has 0 atom stereocenters. The molecule has 200 valence electrons. The zero-order chi connectivity index (χ0) is 28.0. The van der Waals surface area contributed by atoms with Crippen LogP contribution >= 0.6 is 0 Å². The number of nitrogens with zero attached hydrogens (tertiary/aromatic N) is 2. The number of fused-ring (bicyclic) bond motifs is 8. The maximum absolute atomic E-state index is 11.4. The van der Waals surface area contributed by atoms with Crippen molar-refractivity contribution in [2.45, 2.75) is 53.4 Å². The Labute approximate surface area is 225 Å². The van der Waals surface area contributed by atoms with E-state index in [9.17, 15) is 19.8 Å². The number of hydrogen-bond acceptors (Lipinski definition) is 5. The van der Waals surface area contributed by atoms with Crippen LogP contribution in [0.1, 0.15) is 72.6 Å². The van der Waals surface area contributed by atoms with E-state index in [1.165, 1.54) is 0 Å². The van der Waals surface area contributed by atoms with Gasteiger partial charge in [-0.05, 0) is 104 Å². The van der Waals surface area contributed by atoms with Gasteiger partial charge >= 0.3 is 11.9 Å². The average molecular weight is 526 g/mol. The topological polar surface area (TPSA) is 158 Å². The van der Waals surface area contributed by atoms with E-state index >= 15 is 0 Å². The van der Waals surface area contributed by atoms with Crippen LogP contribution in [0.15, 0.2) is 24.3 Å². The number of allylic oxidation sites excluding steroid dienone is 3. The molecule has 5 rings (SSSR count). The summed E-state index contributed by atoms with van der Waals surface area (Å²) in [6.45, 7) is 7.86. The zero-order valence-electron chi connectivity index (χ0n) is 22.4. The molecule has 0 radical (unpaired) electrons. The molecule has 0 aromatic carbocycles. The van der Waals surface area contributed by atoms with Crippen LogP contribution in [0.2, 0.25) is 0 Å². The lowest BCUT2D eigenvalue weighted by atomic mass is 10.0. The molecule has 6 N–H and O–H groups in total. The smallest absolute Gasteiger partial charge is 0.303 e. The van der Waals surface area contributed by atoms with Gasteiger partial charge in [0.2, 0.25) is 0 Å². The average Bonchev–Trinajstić information content (AvgIpc) is 3.53. The molecule has 5 heterocycles. The molecule has 3 aromatic heterocycles. The summed E-state index contributed by atoms with van der Waals surface area (Å²) in [5, 5.41) is 18.8. The molecule has 0 saturated carbocycles. The molecule has 0 fully saturated rings. The number of hydrogen-bond donors (Lipinski definition) is 5. The summed E-state index contributed by atoms with van der Waals surface area (Å²) in [5.74, 6) is -1.76. The third-order valence-corrected chi connectivity index (χ3v) is 7.54. The molecule has 8 bridgehead atoms. The molecule has 0 saturated heterocycles. The van der Waals surface area contributed by atoms with Crippen LogP contribution in [0.4, 0.5) is 5.69 Å². The quantitative estimate of drug-likeness (QED) is 0.268. The number of nitrogens with two attached hydrogens (primary N) is 1. The maximum atomic E-state index is 11.4. The van der Waals surface area contributed by atoms with E-state index < -0.39 is 11.9 Å². The predicted molar refractivity (Wildman–Crippen MR) is 154 cm³/mol. The van der Waals surface area contributed by atoms with Crippen molar-refractivity contribution in [3.05, 3.63) is 63.7 Å². The Hall–Kier alpha value is -4.66. The highest BCUT2D eigenvalue weighted by atomic mass is 16.4. The number of H-pyrrole nitrogens is 2. The first kappa shape index (κ1) is 26.0. The standard InChI is InChI=1S/C30H31N5O4/c1-14-9-18-10-22-17(4)30(31)27(35-22)12-24-16(3)20(6-8-29(38)39)26(34-24)13-25-19(5-7-28(36)37)15(2)23(33-25)11-21(14)32-18/h9-13,33,35H,5-8,31H2,1-4H3,(H,36,37)(H,38,39). The molecule has 0 amide bonds. The van der Waals surface area contributed by atoms with E-state index in [1.807, 2.05) is 58.0 Å². The lowest BCUT2D eigenvalue weighted by molar-refractivity contribution is -0.137. The Kier molecular flexibility index (Phi) is 6.59. The van der Waals surface area contributed by atoms with Gasteiger partial charge in [-0.3, -0.25) is 9.59 Å². The first-order valence-corrected chi connectivity index (χ1v) is 12.8. The minimum atomic E-state index is -0.888. The van der Waals surface area contributed by atoms with Crippen LogP contribution in [-0.2, 0) is 16.0 Å². The number of carboxylic acid groups (broad SMARTS) is 2. The van der Waals surface area contributed by atoms with Crippen molar-refractivity contribution in [2.24, 2.45) is 0 Å². The number of carboxylic acids is 2. The summed E-state index contributed by atoms with van der Waals surface area (Å²) >= 11 is 0. The SMILES string of the molecule is CC1=Cc2cc3[nH]c(cc4nc(cc5[nH]c(cc1n2)c(C)c5CCC(=O)O)C(CCC(=O)O)=C4C)c(N)c3C. The van der Waals surface area contributed by atoms with Crippen molar-refractivity contribution in [3.63, 3.8) is 0 Å².